The molecular weight excluding hydrogens is 640 g/mol. The first kappa shape index (κ1) is 36.7. The number of urea groups is 1. The molecule has 13 nitrogen and oxygen atoms in total. The predicted octanol–water partition coefficient (Wildman–Crippen LogP) is 3.34. The minimum Gasteiger partial charge on any atom is -0.481 e. The molecule has 2 fully saturated rings. The van der Waals surface area contributed by atoms with Gasteiger partial charge in [-0.15, -0.1) is 11.8 Å². The van der Waals surface area contributed by atoms with Crippen LogP contribution in [0.1, 0.15) is 72.5 Å². The molecule has 3 heterocycles. The van der Waals surface area contributed by atoms with Crippen LogP contribution in [0, 0.1) is 0 Å². The Morgan fingerprint density at radius 1 is 0.958 bits per heavy atom. The molecule has 5 N–H and O–H groups in total. The fraction of sp³-hybridized carbons (Fsp3) is 0.500. The lowest BCUT2D eigenvalue weighted by molar-refractivity contribution is -0.170. The van der Waals surface area contributed by atoms with Crippen LogP contribution in [0.4, 0.5) is 4.79 Å². The van der Waals surface area contributed by atoms with E-state index in [-0.39, 0.29) is 29.9 Å². The summed E-state index contributed by atoms with van der Waals surface area (Å²) < 4.78 is 0. The maximum Gasteiger partial charge on any atom is 0.336 e. The average Bonchev–Trinajstić information content (AvgIpc) is 3.30. The number of thioether (sulfide) groups is 1. The number of carbonyl (C=O) groups is 5. The summed E-state index contributed by atoms with van der Waals surface area (Å²) in [5.74, 6) is -4.76. The van der Waals surface area contributed by atoms with Gasteiger partial charge in [-0.05, 0) is 61.8 Å². The van der Waals surface area contributed by atoms with Gasteiger partial charge in [0.15, 0.2) is 5.60 Å². The fourth-order valence-corrected chi connectivity index (χ4v) is 7.41. The number of hydrogen-bond donors (Lipinski definition) is 5. The molecule has 3 amide bonds. The highest BCUT2D eigenvalue weighted by Gasteiger charge is 2.44. The number of amides is 3. The normalized spacial score (nSPS) is 19.9. The number of nitrogens with zero attached hydrogens (tertiary/aromatic N) is 3. The van der Waals surface area contributed by atoms with Crippen LogP contribution in [0.2, 0.25) is 0 Å². The first-order valence-electron chi connectivity index (χ1n) is 15.9. The number of carboxylic acid groups (broad SMARTS) is 3. The lowest BCUT2D eigenvalue weighted by atomic mass is 9.81. The number of carboxylic acids is 3. The van der Waals surface area contributed by atoms with Crippen LogP contribution in [0.3, 0.4) is 0 Å². The number of aliphatic carboxylic acids is 3. The predicted molar refractivity (Wildman–Crippen MR) is 178 cm³/mol. The first-order chi connectivity index (χ1) is 22.8. The number of carbonyl (C=O) groups excluding carboxylic acids is 2. The van der Waals surface area contributed by atoms with Crippen molar-refractivity contribution in [2.45, 2.75) is 73.6 Å². The average molecular weight is 685 g/mol. The van der Waals surface area contributed by atoms with Crippen LogP contribution in [0.25, 0.3) is 0 Å². The van der Waals surface area contributed by atoms with Crippen molar-refractivity contribution in [3.63, 3.8) is 0 Å². The van der Waals surface area contributed by atoms with Crippen molar-refractivity contribution in [3.05, 3.63) is 65.2 Å². The molecule has 2 saturated heterocycles. The molecule has 0 bridgehead atoms. The molecule has 0 aromatic heterocycles. The minimum atomic E-state index is -2.74. The summed E-state index contributed by atoms with van der Waals surface area (Å²) >= 11 is 1.75. The van der Waals surface area contributed by atoms with Crippen LogP contribution in [0.5, 0.6) is 0 Å². The van der Waals surface area contributed by atoms with Gasteiger partial charge in [-0.2, -0.15) is 0 Å². The topological polar surface area (TPSA) is 188 Å². The third-order valence-electron chi connectivity index (χ3n) is 9.52. The summed E-state index contributed by atoms with van der Waals surface area (Å²) in [7, 11) is 1.95. The number of benzene rings is 2. The summed E-state index contributed by atoms with van der Waals surface area (Å²) in [5.41, 5.74) is 0.491. The van der Waals surface area contributed by atoms with Crippen LogP contribution < -0.4 is 5.32 Å². The van der Waals surface area contributed by atoms with Crippen LogP contribution in [0.15, 0.2) is 53.4 Å². The Bertz CT molecular complexity index is 1480. The largest absolute Gasteiger partial charge is 0.481 e. The van der Waals surface area contributed by atoms with E-state index < -0.39 is 36.4 Å². The van der Waals surface area contributed by atoms with E-state index >= 15 is 0 Å². The molecule has 48 heavy (non-hydrogen) atoms. The number of rotatable bonds is 11. The van der Waals surface area contributed by atoms with Crippen molar-refractivity contribution in [1.82, 2.24) is 20.0 Å². The molecule has 260 valence electrons. The van der Waals surface area contributed by atoms with Crippen molar-refractivity contribution >= 4 is 41.6 Å². The van der Waals surface area contributed by atoms with E-state index in [0.717, 1.165) is 56.6 Å². The molecule has 2 aromatic rings. The van der Waals surface area contributed by atoms with E-state index in [9.17, 15) is 24.0 Å². The van der Waals surface area contributed by atoms with Gasteiger partial charge in [-0.25, -0.2) is 9.59 Å². The lowest BCUT2D eigenvalue weighted by Gasteiger charge is -2.45. The second-order valence-electron chi connectivity index (χ2n) is 12.5. The van der Waals surface area contributed by atoms with Gasteiger partial charge < -0.3 is 35.5 Å². The van der Waals surface area contributed by atoms with E-state index in [1.807, 2.05) is 35.0 Å². The summed E-state index contributed by atoms with van der Waals surface area (Å²) in [6.07, 6.45) is 2.82. The molecule has 2 aromatic carbocycles. The lowest BCUT2D eigenvalue weighted by Crippen LogP contribution is -2.55. The number of piperidine rings is 1. The zero-order valence-corrected chi connectivity index (χ0v) is 28.2. The maximum absolute atomic E-state index is 13.2. The van der Waals surface area contributed by atoms with Gasteiger partial charge >= 0.3 is 23.9 Å². The third-order valence-corrected chi connectivity index (χ3v) is 10.3. The Kier molecular flexibility index (Phi) is 12.1. The Balaban J connectivity index is 0.000000341. The standard InChI is InChI=1S/C28H36N4O2S.C6H8O7/c1-19(31-17-13-21(14-18-31)32-16-6-15-29-28(32)34)25(20-9-11-22(35-3)12-10-20)26-23-7-4-5-8-24(23)27(33)30(26)2;7-3(8)1-6(13,5(11)12)2-4(9)10/h4-5,7-12,19,21,25-26H,6,13-18H2,1-3H3,(H,29,34);13H,1-2H2,(H,7,8)(H,9,10)(H,11,12). The highest BCUT2D eigenvalue weighted by Crippen LogP contribution is 2.45. The van der Waals surface area contributed by atoms with E-state index in [1.54, 1.807) is 11.8 Å². The second-order valence-corrected chi connectivity index (χ2v) is 13.4. The summed E-state index contributed by atoms with van der Waals surface area (Å²) in [6.45, 7) is 5.89. The van der Waals surface area contributed by atoms with Gasteiger partial charge in [0, 0.05) is 61.7 Å². The van der Waals surface area contributed by atoms with Gasteiger partial charge in [-0.3, -0.25) is 19.3 Å². The maximum atomic E-state index is 13.2. The van der Waals surface area contributed by atoms with Crippen LogP contribution >= 0.6 is 11.8 Å². The molecule has 14 heteroatoms. The summed E-state index contributed by atoms with van der Waals surface area (Å²) in [4.78, 5) is 63.8. The van der Waals surface area contributed by atoms with Gasteiger partial charge in [0.05, 0.1) is 18.9 Å². The van der Waals surface area contributed by atoms with Crippen LogP contribution in [-0.2, 0) is 14.4 Å². The number of fused-ring (bicyclic) bond motifs is 1. The molecule has 3 aliphatic heterocycles. The fourth-order valence-electron chi connectivity index (χ4n) is 7.00. The smallest absolute Gasteiger partial charge is 0.336 e. The van der Waals surface area contributed by atoms with Crippen molar-refractivity contribution in [2.24, 2.45) is 0 Å². The highest BCUT2D eigenvalue weighted by atomic mass is 32.2. The van der Waals surface area contributed by atoms with Crippen LogP contribution in [-0.4, -0.2) is 122 Å². The van der Waals surface area contributed by atoms with Gasteiger partial charge in [0.25, 0.3) is 5.91 Å². The SMILES string of the molecule is CSc1ccc(C(C(C)N2CCC(N3CCCNC3=O)CC2)C2c3ccccc3C(=O)N2C)cc1.O=C(O)CC(O)(CC(=O)O)C(=O)O. The van der Waals surface area contributed by atoms with Gasteiger partial charge in [0.2, 0.25) is 0 Å². The minimum absolute atomic E-state index is 0.000532. The number of likely N-dealkylation sites (N-methyl/N-ethyl adjacent to an activating group) is 1. The van der Waals surface area contributed by atoms with E-state index in [1.165, 1.54) is 10.5 Å². The monoisotopic (exact) mass is 684 g/mol. The van der Waals surface area contributed by atoms with Crippen molar-refractivity contribution in [2.75, 3.05) is 39.5 Å². The van der Waals surface area contributed by atoms with E-state index in [2.05, 4.69) is 53.7 Å². The highest BCUT2D eigenvalue weighted by molar-refractivity contribution is 7.98. The quantitative estimate of drug-likeness (QED) is 0.219. The van der Waals surface area contributed by atoms with Crippen molar-refractivity contribution in [3.8, 4) is 0 Å². The first-order valence-corrected chi connectivity index (χ1v) is 17.2. The molecule has 0 radical (unpaired) electrons. The van der Waals surface area contributed by atoms with E-state index in [4.69, 9.17) is 20.4 Å². The molecule has 0 aliphatic carbocycles. The number of aliphatic hydroxyl groups is 1. The number of likely N-dealkylation sites (tertiary alicyclic amines) is 1. The molecule has 5 rings (SSSR count). The zero-order valence-electron chi connectivity index (χ0n) is 27.4. The summed E-state index contributed by atoms with van der Waals surface area (Å²) in [6, 6.07) is 17.6. The molecule has 3 unspecified atom stereocenters. The second kappa shape index (κ2) is 15.8. The number of hydrogen-bond acceptors (Lipinski definition) is 8. The number of nitrogens with one attached hydrogen (secondary N) is 1. The van der Waals surface area contributed by atoms with Crippen molar-refractivity contribution < 1.29 is 44.4 Å². The Morgan fingerprint density at radius 3 is 2.10 bits per heavy atom. The van der Waals surface area contributed by atoms with Gasteiger partial charge in [0.1, 0.15) is 0 Å². The molecular formula is C34H44N4O9S. The Hall–Kier alpha value is -4.14. The molecule has 0 saturated carbocycles. The zero-order chi connectivity index (χ0) is 35.2. The van der Waals surface area contributed by atoms with E-state index in [0.29, 0.717) is 6.04 Å². The third kappa shape index (κ3) is 8.28. The Labute approximate surface area is 283 Å². The molecule has 3 atom stereocenters. The van der Waals surface area contributed by atoms with Gasteiger partial charge in [-0.1, -0.05) is 30.3 Å². The molecule has 0 spiro atoms. The molecule has 3 aliphatic rings. The van der Waals surface area contributed by atoms with Crippen molar-refractivity contribution in [1.29, 1.82) is 0 Å². The summed E-state index contributed by atoms with van der Waals surface area (Å²) in [5, 5.41) is 36.8. The Morgan fingerprint density at radius 2 is 1.56 bits per heavy atom.